The zero-order valence-corrected chi connectivity index (χ0v) is 14.3. The lowest BCUT2D eigenvalue weighted by molar-refractivity contribution is -0.137. The first kappa shape index (κ1) is 19.7. The summed E-state index contributed by atoms with van der Waals surface area (Å²) in [6.07, 6.45) is 4.12. The first-order valence-electron chi connectivity index (χ1n) is 8.15. The van der Waals surface area contributed by atoms with Gasteiger partial charge in [-0.3, -0.25) is 0 Å². The van der Waals surface area contributed by atoms with E-state index in [9.17, 15) is 13.2 Å². The van der Waals surface area contributed by atoms with E-state index in [1.54, 1.807) is 6.07 Å². The maximum absolute atomic E-state index is 12.6. The fraction of sp³-hybridized carbons (Fsp3) is 0.588. The first-order chi connectivity index (χ1) is 10.9. The molecular weight excluding hydrogens is 321 g/mol. The van der Waals surface area contributed by atoms with Gasteiger partial charge in [0.15, 0.2) is 5.11 Å². The molecule has 2 nitrogen and oxygen atoms in total. The molecule has 130 valence electrons. The number of anilines is 1. The maximum atomic E-state index is 12.6. The number of nitrogens with one attached hydrogen (secondary N) is 2. The van der Waals surface area contributed by atoms with Crippen molar-refractivity contribution in [2.75, 3.05) is 11.9 Å². The van der Waals surface area contributed by atoms with Crippen molar-refractivity contribution in [1.82, 2.24) is 5.32 Å². The predicted molar refractivity (Wildman–Crippen MR) is 93.7 cm³/mol. The summed E-state index contributed by atoms with van der Waals surface area (Å²) in [4.78, 5) is 0. The predicted octanol–water partition coefficient (Wildman–Crippen LogP) is 5.74. The number of alkyl halides is 3. The number of thiocarbonyl (C=S) groups is 1. The van der Waals surface area contributed by atoms with Gasteiger partial charge in [-0.25, -0.2) is 0 Å². The quantitative estimate of drug-likeness (QED) is 0.440. The molecule has 1 aromatic rings. The van der Waals surface area contributed by atoms with E-state index < -0.39 is 11.7 Å². The minimum Gasteiger partial charge on any atom is -0.362 e. The van der Waals surface area contributed by atoms with Gasteiger partial charge in [0.05, 0.1) is 5.56 Å². The van der Waals surface area contributed by atoms with Crippen LogP contribution >= 0.6 is 12.2 Å². The normalized spacial score (nSPS) is 11.3. The van der Waals surface area contributed by atoms with Crippen molar-refractivity contribution in [3.8, 4) is 0 Å². The Kier molecular flexibility index (Phi) is 8.99. The number of hydrogen-bond acceptors (Lipinski definition) is 1. The largest absolute Gasteiger partial charge is 0.416 e. The van der Waals surface area contributed by atoms with Gasteiger partial charge < -0.3 is 10.6 Å². The molecular formula is C17H25F3N2S. The Hall–Kier alpha value is -1.30. The van der Waals surface area contributed by atoms with Crippen molar-refractivity contribution in [2.45, 2.75) is 58.0 Å². The third-order valence-electron chi connectivity index (χ3n) is 3.51. The Balaban J connectivity index is 2.22. The third-order valence-corrected chi connectivity index (χ3v) is 3.76. The molecule has 0 aliphatic heterocycles. The Labute approximate surface area is 141 Å². The molecule has 0 bridgehead atoms. The van der Waals surface area contributed by atoms with Crippen LogP contribution in [0, 0.1) is 0 Å². The van der Waals surface area contributed by atoms with Crippen LogP contribution in [0.1, 0.15) is 57.4 Å². The first-order valence-corrected chi connectivity index (χ1v) is 8.56. The Bertz CT molecular complexity index is 475. The zero-order valence-electron chi connectivity index (χ0n) is 13.5. The summed E-state index contributed by atoms with van der Waals surface area (Å²) < 4.78 is 37.9. The minimum absolute atomic E-state index is 0.344. The molecule has 1 rings (SSSR count). The van der Waals surface area contributed by atoms with Gasteiger partial charge in [-0.05, 0) is 36.8 Å². The van der Waals surface area contributed by atoms with Crippen molar-refractivity contribution in [3.63, 3.8) is 0 Å². The highest BCUT2D eigenvalue weighted by Crippen LogP contribution is 2.30. The summed E-state index contributed by atoms with van der Waals surface area (Å²) in [5.74, 6) is 0. The molecule has 0 saturated heterocycles. The van der Waals surface area contributed by atoms with Gasteiger partial charge in [0.2, 0.25) is 0 Å². The molecule has 0 saturated carbocycles. The van der Waals surface area contributed by atoms with E-state index in [2.05, 4.69) is 17.6 Å². The van der Waals surface area contributed by atoms with Gasteiger partial charge in [-0.1, -0.05) is 51.5 Å². The Morgan fingerprint density at radius 1 is 1.04 bits per heavy atom. The van der Waals surface area contributed by atoms with E-state index in [1.165, 1.54) is 38.2 Å². The second-order valence-corrected chi connectivity index (χ2v) is 5.99. The highest BCUT2D eigenvalue weighted by molar-refractivity contribution is 7.80. The highest BCUT2D eigenvalue weighted by atomic mass is 32.1. The van der Waals surface area contributed by atoms with Crippen LogP contribution < -0.4 is 10.6 Å². The molecule has 0 amide bonds. The molecule has 1 aromatic carbocycles. The smallest absolute Gasteiger partial charge is 0.362 e. The van der Waals surface area contributed by atoms with Crippen LogP contribution in [-0.4, -0.2) is 11.7 Å². The van der Waals surface area contributed by atoms with Crippen LogP contribution in [0.3, 0.4) is 0 Å². The number of halogens is 3. The van der Waals surface area contributed by atoms with Crippen molar-refractivity contribution in [3.05, 3.63) is 29.8 Å². The van der Waals surface area contributed by atoms with Crippen molar-refractivity contribution >= 4 is 23.0 Å². The summed E-state index contributed by atoms with van der Waals surface area (Å²) in [6.45, 7) is 2.93. The molecule has 0 aliphatic rings. The lowest BCUT2D eigenvalue weighted by atomic mass is 10.1. The van der Waals surface area contributed by atoms with Crippen molar-refractivity contribution < 1.29 is 13.2 Å². The van der Waals surface area contributed by atoms with Crippen LogP contribution in [0.5, 0.6) is 0 Å². The third kappa shape index (κ3) is 8.79. The van der Waals surface area contributed by atoms with E-state index in [4.69, 9.17) is 12.2 Å². The van der Waals surface area contributed by atoms with E-state index in [0.717, 1.165) is 31.5 Å². The van der Waals surface area contributed by atoms with Crippen LogP contribution in [0.2, 0.25) is 0 Å². The SMILES string of the molecule is CCCCCCCCCNC(=S)Nc1cccc(C(F)(F)F)c1. The average molecular weight is 346 g/mol. The van der Waals surface area contributed by atoms with Crippen molar-refractivity contribution in [2.24, 2.45) is 0 Å². The molecule has 23 heavy (non-hydrogen) atoms. The summed E-state index contributed by atoms with van der Waals surface area (Å²) in [5.41, 5.74) is -0.339. The zero-order chi connectivity index (χ0) is 17.1. The fourth-order valence-electron chi connectivity index (χ4n) is 2.23. The minimum atomic E-state index is -4.34. The molecule has 0 spiro atoms. The van der Waals surface area contributed by atoms with Crippen LogP contribution in [0.15, 0.2) is 24.3 Å². The van der Waals surface area contributed by atoms with Gasteiger partial charge >= 0.3 is 6.18 Å². The van der Waals surface area contributed by atoms with Gasteiger partial charge in [-0.15, -0.1) is 0 Å². The van der Waals surface area contributed by atoms with Gasteiger partial charge in [0.25, 0.3) is 0 Å². The van der Waals surface area contributed by atoms with Gasteiger partial charge in [-0.2, -0.15) is 13.2 Å². The van der Waals surface area contributed by atoms with Crippen LogP contribution in [-0.2, 0) is 6.18 Å². The fourth-order valence-corrected chi connectivity index (χ4v) is 2.45. The summed E-state index contributed by atoms with van der Waals surface area (Å²) >= 11 is 5.10. The molecule has 0 unspecified atom stereocenters. The van der Waals surface area contributed by atoms with Gasteiger partial charge in [0.1, 0.15) is 0 Å². The van der Waals surface area contributed by atoms with E-state index in [-0.39, 0.29) is 0 Å². The van der Waals surface area contributed by atoms with Crippen molar-refractivity contribution in [1.29, 1.82) is 0 Å². The Morgan fingerprint density at radius 3 is 2.35 bits per heavy atom. The summed E-state index contributed by atoms with van der Waals surface area (Å²) in [7, 11) is 0. The second-order valence-electron chi connectivity index (χ2n) is 5.58. The van der Waals surface area contributed by atoms with Gasteiger partial charge in [0, 0.05) is 12.2 Å². The summed E-state index contributed by atoms with van der Waals surface area (Å²) in [6, 6.07) is 5.03. The maximum Gasteiger partial charge on any atom is 0.416 e. The number of hydrogen-bond donors (Lipinski definition) is 2. The van der Waals surface area contributed by atoms with E-state index in [1.807, 2.05) is 0 Å². The highest BCUT2D eigenvalue weighted by Gasteiger charge is 2.30. The van der Waals surface area contributed by atoms with E-state index >= 15 is 0 Å². The lowest BCUT2D eigenvalue weighted by Gasteiger charge is -2.12. The van der Waals surface area contributed by atoms with Crippen LogP contribution in [0.4, 0.5) is 18.9 Å². The number of unbranched alkanes of at least 4 members (excludes halogenated alkanes) is 6. The second kappa shape index (κ2) is 10.5. The molecule has 6 heteroatoms. The number of benzene rings is 1. The van der Waals surface area contributed by atoms with Crippen LogP contribution in [0.25, 0.3) is 0 Å². The lowest BCUT2D eigenvalue weighted by Crippen LogP contribution is -2.29. The van der Waals surface area contributed by atoms with E-state index in [0.29, 0.717) is 10.8 Å². The standard InChI is InChI=1S/C17H25F3N2S/c1-2-3-4-5-6-7-8-12-21-16(23)22-15-11-9-10-14(13-15)17(18,19)20/h9-11,13H,2-8,12H2,1H3,(H2,21,22,23). The number of rotatable bonds is 9. The molecule has 0 heterocycles. The molecule has 0 fully saturated rings. The molecule has 0 aliphatic carbocycles. The molecule has 2 N–H and O–H groups in total. The summed E-state index contributed by atoms with van der Waals surface area (Å²) in [5, 5.41) is 6.18. The Morgan fingerprint density at radius 2 is 1.70 bits per heavy atom. The monoisotopic (exact) mass is 346 g/mol. The molecule has 0 radical (unpaired) electrons. The molecule has 0 atom stereocenters. The topological polar surface area (TPSA) is 24.1 Å². The molecule has 0 aromatic heterocycles. The average Bonchev–Trinajstić information content (AvgIpc) is 2.49.